The molecule has 0 fully saturated rings. The molecule has 3 N–H and O–H groups in total. The van der Waals surface area contributed by atoms with Crippen LogP contribution in [0.15, 0.2) is 30.7 Å². The third-order valence-electron chi connectivity index (χ3n) is 2.81. The average molecular weight is 315 g/mol. The number of hydrogen-bond donors (Lipinski definition) is 2. The van der Waals surface area contributed by atoms with Gasteiger partial charge < -0.3 is 10.5 Å². The second-order valence-electron chi connectivity index (χ2n) is 6.14. The number of nitrogens with two attached hydrogens (primary N) is 1. The number of pyridine rings is 1. The molecular formula is C16H21N5O2. The highest BCUT2D eigenvalue weighted by Crippen LogP contribution is 2.22. The van der Waals surface area contributed by atoms with Crippen LogP contribution in [0.4, 0.5) is 10.5 Å². The summed E-state index contributed by atoms with van der Waals surface area (Å²) in [6, 6.07) is 3.23. The summed E-state index contributed by atoms with van der Waals surface area (Å²) in [5, 5.41) is 2.63. The van der Waals surface area contributed by atoms with Crippen molar-refractivity contribution in [2.24, 2.45) is 5.73 Å². The Labute approximate surface area is 135 Å². The fourth-order valence-corrected chi connectivity index (χ4v) is 1.91. The lowest BCUT2D eigenvalue weighted by Crippen LogP contribution is -2.27. The highest BCUT2D eigenvalue weighted by Gasteiger charge is 2.17. The predicted octanol–water partition coefficient (Wildman–Crippen LogP) is 2.91. The molecule has 0 aromatic carbocycles. The monoisotopic (exact) mass is 315 g/mol. The minimum atomic E-state index is -0.552. The van der Waals surface area contributed by atoms with Gasteiger partial charge in [-0.1, -0.05) is 0 Å². The third-order valence-corrected chi connectivity index (χ3v) is 2.81. The van der Waals surface area contributed by atoms with E-state index in [0.717, 1.165) is 0 Å². The van der Waals surface area contributed by atoms with Gasteiger partial charge in [-0.15, -0.1) is 0 Å². The number of rotatable bonds is 3. The number of aromatic nitrogens is 3. The van der Waals surface area contributed by atoms with Crippen molar-refractivity contribution in [3.8, 4) is 11.4 Å². The second-order valence-corrected chi connectivity index (χ2v) is 6.14. The Bertz CT molecular complexity index is 678. The molecule has 2 aromatic heterocycles. The Hall–Kier alpha value is -2.54. The first-order valence-corrected chi connectivity index (χ1v) is 7.29. The first-order valence-electron chi connectivity index (χ1n) is 7.29. The van der Waals surface area contributed by atoms with Gasteiger partial charge in [-0.05, 0) is 39.8 Å². The maximum absolute atomic E-state index is 11.7. The van der Waals surface area contributed by atoms with Crippen LogP contribution in [0.1, 0.15) is 39.4 Å². The molecule has 23 heavy (non-hydrogen) atoms. The Balaban J connectivity index is 2.16. The van der Waals surface area contributed by atoms with Gasteiger partial charge in [-0.3, -0.25) is 20.3 Å². The number of amides is 1. The molecule has 0 saturated carbocycles. The molecule has 1 unspecified atom stereocenters. The summed E-state index contributed by atoms with van der Waals surface area (Å²) in [7, 11) is 0. The first-order chi connectivity index (χ1) is 10.8. The maximum atomic E-state index is 11.7. The van der Waals surface area contributed by atoms with Crippen molar-refractivity contribution in [2.45, 2.75) is 39.3 Å². The van der Waals surface area contributed by atoms with Gasteiger partial charge in [0, 0.05) is 18.4 Å². The normalized spacial score (nSPS) is 12.6. The van der Waals surface area contributed by atoms with Gasteiger partial charge in [0.1, 0.15) is 11.3 Å². The largest absolute Gasteiger partial charge is 0.444 e. The molecule has 7 heteroatoms. The highest BCUT2D eigenvalue weighted by molar-refractivity contribution is 5.84. The van der Waals surface area contributed by atoms with Gasteiger partial charge in [-0.25, -0.2) is 4.79 Å². The Morgan fingerprint density at radius 2 is 1.91 bits per heavy atom. The number of carbonyl (C=O) groups is 1. The van der Waals surface area contributed by atoms with Crippen LogP contribution in [0.2, 0.25) is 0 Å². The van der Waals surface area contributed by atoms with Crippen molar-refractivity contribution in [3.05, 3.63) is 36.4 Å². The van der Waals surface area contributed by atoms with Gasteiger partial charge in [0.05, 0.1) is 23.3 Å². The minimum Gasteiger partial charge on any atom is -0.444 e. The van der Waals surface area contributed by atoms with Crippen LogP contribution >= 0.6 is 0 Å². The Morgan fingerprint density at radius 1 is 1.22 bits per heavy atom. The Morgan fingerprint density at radius 3 is 2.48 bits per heavy atom. The molecule has 1 atom stereocenters. The SMILES string of the molecule is CC(N)c1nccnc1-c1ccc(NC(=O)OC(C)(C)C)cn1. The quantitative estimate of drug-likeness (QED) is 0.902. The molecule has 0 bridgehead atoms. The number of nitrogens with zero attached hydrogens (tertiary/aromatic N) is 3. The number of anilines is 1. The zero-order valence-corrected chi connectivity index (χ0v) is 13.7. The lowest BCUT2D eigenvalue weighted by atomic mass is 10.1. The molecule has 0 saturated heterocycles. The Kier molecular flexibility index (Phi) is 4.90. The smallest absolute Gasteiger partial charge is 0.412 e. The van der Waals surface area contributed by atoms with E-state index in [-0.39, 0.29) is 6.04 Å². The van der Waals surface area contributed by atoms with E-state index in [1.165, 1.54) is 0 Å². The molecule has 2 aromatic rings. The van der Waals surface area contributed by atoms with Crippen LogP contribution in [-0.2, 0) is 4.74 Å². The van der Waals surface area contributed by atoms with Crippen LogP contribution in [0.5, 0.6) is 0 Å². The summed E-state index contributed by atoms with van der Waals surface area (Å²) in [6.07, 6.45) is 4.21. The molecule has 2 heterocycles. The molecule has 0 aliphatic carbocycles. The zero-order chi connectivity index (χ0) is 17.0. The summed E-state index contributed by atoms with van der Waals surface area (Å²) in [4.78, 5) is 24.6. The van der Waals surface area contributed by atoms with Crippen LogP contribution in [0.3, 0.4) is 0 Å². The fourth-order valence-electron chi connectivity index (χ4n) is 1.91. The molecule has 0 aliphatic rings. The molecule has 122 valence electrons. The van der Waals surface area contributed by atoms with Gasteiger partial charge >= 0.3 is 6.09 Å². The van der Waals surface area contributed by atoms with Crippen molar-refractivity contribution in [1.82, 2.24) is 15.0 Å². The molecule has 2 rings (SSSR count). The molecule has 7 nitrogen and oxygen atoms in total. The van der Waals surface area contributed by atoms with Gasteiger partial charge in [0.2, 0.25) is 0 Å². The van der Waals surface area contributed by atoms with E-state index in [0.29, 0.717) is 22.8 Å². The number of hydrogen-bond acceptors (Lipinski definition) is 6. The first kappa shape index (κ1) is 16.8. The molecule has 0 spiro atoms. The van der Waals surface area contributed by atoms with Crippen LogP contribution < -0.4 is 11.1 Å². The minimum absolute atomic E-state index is 0.250. The summed E-state index contributed by atoms with van der Waals surface area (Å²) in [5.41, 5.74) is 7.83. The van der Waals surface area contributed by atoms with E-state index in [1.54, 1.807) is 51.5 Å². The van der Waals surface area contributed by atoms with Crippen molar-refractivity contribution in [1.29, 1.82) is 0 Å². The van der Waals surface area contributed by atoms with E-state index in [2.05, 4.69) is 20.3 Å². The summed E-state index contributed by atoms with van der Waals surface area (Å²) in [5.74, 6) is 0. The number of carbonyl (C=O) groups excluding carboxylic acids is 1. The summed E-state index contributed by atoms with van der Waals surface area (Å²) < 4.78 is 5.19. The maximum Gasteiger partial charge on any atom is 0.412 e. The molecule has 0 radical (unpaired) electrons. The topological polar surface area (TPSA) is 103 Å². The molecular weight excluding hydrogens is 294 g/mol. The average Bonchev–Trinajstić information content (AvgIpc) is 2.46. The van der Waals surface area contributed by atoms with Crippen LogP contribution in [0.25, 0.3) is 11.4 Å². The van der Waals surface area contributed by atoms with E-state index in [1.807, 2.05) is 6.92 Å². The van der Waals surface area contributed by atoms with Crippen molar-refractivity contribution in [2.75, 3.05) is 5.32 Å². The van der Waals surface area contributed by atoms with Crippen molar-refractivity contribution in [3.63, 3.8) is 0 Å². The second kappa shape index (κ2) is 6.70. The third kappa shape index (κ3) is 4.72. The zero-order valence-electron chi connectivity index (χ0n) is 13.7. The van der Waals surface area contributed by atoms with Crippen molar-refractivity contribution < 1.29 is 9.53 Å². The molecule has 0 aliphatic heterocycles. The lowest BCUT2D eigenvalue weighted by Gasteiger charge is -2.19. The fraction of sp³-hybridized carbons (Fsp3) is 0.375. The highest BCUT2D eigenvalue weighted by atomic mass is 16.6. The standard InChI is InChI=1S/C16H21N5O2/c1-10(17)13-14(19-8-7-18-13)12-6-5-11(9-20-12)21-15(22)23-16(2,3)4/h5-10H,17H2,1-4H3,(H,21,22). The van der Waals surface area contributed by atoms with Gasteiger partial charge in [-0.2, -0.15) is 0 Å². The van der Waals surface area contributed by atoms with Gasteiger partial charge in [0.15, 0.2) is 0 Å². The van der Waals surface area contributed by atoms with Crippen molar-refractivity contribution >= 4 is 11.8 Å². The summed E-state index contributed by atoms with van der Waals surface area (Å²) >= 11 is 0. The number of nitrogens with one attached hydrogen (secondary N) is 1. The molecule has 1 amide bonds. The van der Waals surface area contributed by atoms with E-state index < -0.39 is 11.7 Å². The van der Waals surface area contributed by atoms with E-state index in [9.17, 15) is 4.79 Å². The van der Waals surface area contributed by atoms with E-state index in [4.69, 9.17) is 10.5 Å². The van der Waals surface area contributed by atoms with Crippen LogP contribution in [-0.4, -0.2) is 26.6 Å². The lowest BCUT2D eigenvalue weighted by molar-refractivity contribution is 0.0636. The predicted molar refractivity (Wildman–Crippen MR) is 87.7 cm³/mol. The van der Waals surface area contributed by atoms with E-state index >= 15 is 0 Å². The number of ether oxygens (including phenoxy) is 1. The van der Waals surface area contributed by atoms with Gasteiger partial charge in [0.25, 0.3) is 0 Å². The van der Waals surface area contributed by atoms with Crippen LogP contribution in [0, 0.1) is 0 Å². The summed E-state index contributed by atoms with van der Waals surface area (Å²) in [6.45, 7) is 7.25.